The molecule has 1 aromatic carbocycles. The summed E-state index contributed by atoms with van der Waals surface area (Å²) < 4.78 is 36.9. The summed E-state index contributed by atoms with van der Waals surface area (Å²) in [5.74, 6) is 0.613. The van der Waals surface area contributed by atoms with Crippen LogP contribution in [0.5, 0.6) is 0 Å². The second-order valence-corrected chi connectivity index (χ2v) is 6.98. The normalized spacial score (nSPS) is 11.5. The van der Waals surface area contributed by atoms with E-state index in [9.17, 15) is 13.2 Å². The average molecular weight is 353 g/mol. The highest BCUT2D eigenvalue weighted by atomic mass is 32.2. The molecule has 0 aliphatic heterocycles. The van der Waals surface area contributed by atoms with E-state index in [1.165, 1.54) is 0 Å². The highest BCUT2D eigenvalue weighted by Gasteiger charge is 2.19. The molecule has 9 heteroatoms. The number of amides is 1. The van der Waals surface area contributed by atoms with Crippen LogP contribution in [0.1, 0.15) is 17.0 Å². The number of nitrogens with one attached hydrogen (secondary N) is 1. The van der Waals surface area contributed by atoms with Crippen molar-refractivity contribution in [2.24, 2.45) is 5.73 Å². The van der Waals surface area contributed by atoms with Crippen LogP contribution in [-0.2, 0) is 14.8 Å². The summed E-state index contributed by atoms with van der Waals surface area (Å²) in [7, 11) is -3.76. The second-order valence-electron chi connectivity index (χ2n) is 5.24. The zero-order valence-electron chi connectivity index (χ0n) is 13.6. The van der Waals surface area contributed by atoms with Crippen molar-refractivity contribution in [3.63, 3.8) is 0 Å². The van der Waals surface area contributed by atoms with Crippen molar-refractivity contribution in [1.82, 2.24) is 9.88 Å². The van der Waals surface area contributed by atoms with Gasteiger partial charge in [0.1, 0.15) is 12.4 Å². The van der Waals surface area contributed by atoms with E-state index in [1.807, 2.05) is 6.07 Å². The molecule has 2 aromatic rings. The van der Waals surface area contributed by atoms with E-state index < -0.39 is 16.1 Å². The summed E-state index contributed by atoms with van der Waals surface area (Å²) in [6.07, 6.45) is -0.953. The van der Waals surface area contributed by atoms with Gasteiger partial charge in [0.25, 0.3) is 0 Å². The molecule has 0 aliphatic carbocycles. The summed E-state index contributed by atoms with van der Waals surface area (Å²) >= 11 is 0. The van der Waals surface area contributed by atoms with Gasteiger partial charge in [-0.1, -0.05) is 17.3 Å². The minimum absolute atomic E-state index is 0.0692. The maximum Gasteiger partial charge on any atom is 0.404 e. The topological polar surface area (TPSA) is 125 Å². The Bertz CT molecular complexity index is 838. The van der Waals surface area contributed by atoms with Crippen LogP contribution in [0.3, 0.4) is 0 Å². The van der Waals surface area contributed by atoms with Gasteiger partial charge in [-0.15, -0.1) is 0 Å². The molecule has 0 atom stereocenters. The van der Waals surface area contributed by atoms with Gasteiger partial charge in [-0.3, -0.25) is 0 Å². The van der Waals surface area contributed by atoms with E-state index in [0.717, 1.165) is 5.56 Å². The van der Waals surface area contributed by atoms with Crippen molar-refractivity contribution in [3.8, 4) is 11.1 Å². The van der Waals surface area contributed by atoms with Gasteiger partial charge in [-0.05, 0) is 38.0 Å². The SMILES string of the molecule is Cc1ccc(-c2c(C)noc2C)cc1S(=O)(=O)NCCOC(N)=O. The molecule has 0 aliphatic rings. The number of ether oxygens (including phenoxy) is 1. The Kier molecular flexibility index (Phi) is 5.25. The molecule has 0 bridgehead atoms. The van der Waals surface area contributed by atoms with Gasteiger partial charge in [0, 0.05) is 12.1 Å². The average Bonchev–Trinajstić information content (AvgIpc) is 2.83. The third-order valence-electron chi connectivity index (χ3n) is 3.44. The lowest BCUT2D eigenvalue weighted by Crippen LogP contribution is -2.29. The largest absolute Gasteiger partial charge is 0.448 e. The molecule has 130 valence electrons. The van der Waals surface area contributed by atoms with Gasteiger partial charge < -0.3 is 15.0 Å². The van der Waals surface area contributed by atoms with E-state index in [2.05, 4.69) is 14.6 Å². The fourth-order valence-corrected chi connectivity index (χ4v) is 3.63. The van der Waals surface area contributed by atoms with E-state index in [1.54, 1.807) is 32.9 Å². The van der Waals surface area contributed by atoms with E-state index in [0.29, 0.717) is 22.6 Å². The first-order chi connectivity index (χ1) is 11.2. The number of benzene rings is 1. The summed E-state index contributed by atoms with van der Waals surface area (Å²) in [5.41, 5.74) is 7.57. The first kappa shape index (κ1) is 18.0. The quantitative estimate of drug-likeness (QED) is 0.761. The maximum absolute atomic E-state index is 12.5. The standard InChI is InChI=1S/C15H19N3O5S/c1-9-4-5-12(14-10(2)18-23-11(14)3)8-13(9)24(20,21)17-6-7-22-15(16)19/h4-5,8,17H,6-7H2,1-3H3,(H2,16,19). The molecule has 2 rings (SSSR count). The molecule has 0 spiro atoms. The summed E-state index contributed by atoms with van der Waals surface area (Å²) in [5, 5.41) is 3.88. The lowest BCUT2D eigenvalue weighted by Gasteiger charge is -2.11. The maximum atomic E-state index is 12.5. The zero-order valence-corrected chi connectivity index (χ0v) is 14.4. The molecule has 0 radical (unpaired) electrons. The summed E-state index contributed by atoms with van der Waals surface area (Å²) in [6.45, 7) is 5.05. The van der Waals surface area contributed by atoms with E-state index in [4.69, 9.17) is 10.3 Å². The number of rotatable bonds is 6. The molecule has 0 unspecified atom stereocenters. The molecule has 24 heavy (non-hydrogen) atoms. The molecule has 0 saturated carbocycles. The molecule has 0 saturated heterocycles. The number of hydrogen-bond acceptors (Lipinski definition) is 6. The third kappa shape index (κ3) is 3.92. The number of aryl methyl sites for hydroxylation is 3. The molecule has 8 nitrogen and oxygen atoms in total. The lowest BCUT2D eigenvalue weighted by molar-refractivity contribution is 0.159. The van der Waals surface area contributed by atoms with Gasteiger partial charge in [0.05, 0.1) is 10.6 Å². The zero-order chi connectivity index (χ0) is 17.9. The molecule has 3 N–H and O–H groups in total. The second kappa shape index (κ2) is 7.02. The number of nitrogens with zero attached hydrogens (tertiary/aromatic N) is 1. The van der Waals surface area contributed by atoms with Crippen molar-refractivity contribution >= 4 is 16.1 Å². The smallest absolute Gasteiger partial charge is 0.404 e. The number of carbonyl (C=O) groups excluding carboxylic acids is 1. The molecule has 0 fully saturated rings. The highest BCUT2D eigenvalue weighted by Crippen LogP contribution is 2.29. The van der Waals surface area contributed by atoms with Crippen molar-refractivity contribution in [3.05, 3.63) is 35.2 Å². The van der Waals surface area contributed by atoms with Crippen LogP contribution in [0.25, 0.3) is 11.1 Å². The van der Waals surface area contributed by atoms with Crippen LogP contribution in [0.4, 0.5) is 4.79 Å². The molecule has 1 heterocycles. The van der Waals surface area contributed by atoms with Crippen molar-refractivity contribution in [1.29, 1.82) is 0 Å². The molecule has 1 amide bonds. The van der Waals surface area contributed by atoms with Crippen LogP contribution in [0.2, 0.25) is 0 Å². The first-order valence-corrected chi connectivity index (χ1v) is 8.66. The molecule has 1 aromatic heterocycles. The van der Waals surface area contributed by atoms with Crippen LogP contribution in [0, 0.1) is 20.8 Å². The van der Waals surface area contributed by atoms with Gasteiger partial charge >= 0.3 is 6.09 Å². The minimum atomic E-state index is -3.76. The van der Waals surface area contributed by atoms with Gasteiger partial charge in [-0.2, -0.15) is 0 Å². The molecular formula is C15H19N3O5S. The number of carbonyl (C=O) groups is 1. The number of aromatic nitrogens is 1. The van der Waals surface area contributed by atoms with Crippen LogP contribution >= 0.6 is 0 Å². The van der Waals surface area contributed by atoms with Crippen LogP contribution in [-0.4, -0.2) is 32.8 Å². The fourth-order valence-electron chi connectivity index (χ4n) is 2.35. The predicted molar refractivity (Wildman–Crippen MR) is 86.9 cm³/mol. The number of sulfonamides is 1. The van der Waals surface area contributed by atoms with Crippen LogP contribution < -0.4 is 10.5 Å². The Balaban J connectivity index is 2.30. The Morgan fingerprint density at radius 2 is 2.04 bits per heavy atom. The minimum Gasteiger partial charge on any atom is -0.448 e. The predicted octanol–water partition coefficient (Wildman–Crippen LogP) is 1.64. The van der Waals surface area contributed by atoms with E-state index >= 15 is 0 Å². The third-order valence-corrected chi connectivity index (χ3v) is 5.04. The van der Waals surface area contributed by atoms with Gasteiger partial charge in [0.2, 0.25) is 10.0 Å². The van der Waals surface area contributed by atoms with E-state index in [-0.39, 0.29) is 18.0 Å². The lowest BCUT2D eigenvalue weighted by atomic mass is 10.0. The van der Waals surface area contributed by atoms with Crippen molar-refractivity contribution in [2.75, 3.05) is 13.2 Å². The monoisotopic (exact) mass is 353 g/mol. The number of hydrogen-bond donors (Lipinski definition) is 2. The van der Waals surface area contributed by atoms with Crippen molar-refractivity contribution in [2.45, 2.75) is 25.7 Å². The summed E-state index contributed by atoms with van der Waals surface area (Å²) in [4.78, 5) is 10.6. The molecular weight excluding hydrogens is 334 g/mol. The summed E-state index contributed by atoms with van der Waals surface area (Å²) in [6, 6.07) is 5.10. The Hall–Kier alpha value is -2.39. The highest BCUT2D eigenvalue weighted by molar-refractivity contribution is 7.89. The Labute approximate surface area is 140 Å². The van der Waals surface area contributed by atoms with Gasteiger partial charge in [0.15, 0.2) is 0 Å². The first-order valence-electron chi connectivity index (χ1n) is 7.18. The Morgan fingerprint density at radius 1 is 1.33 bits per heavy atom. The van der Waals surface area contributed by atoms with Crippen molar-refractivity contribution < 1.29 is 22.5 Å². The Morgan fingerprint density at radius 3 is 2.62 bits per heavy atom. The number of primary amides is 1. The fraction of sp³-hybridized carbons (Fsp3) is 0.333. The van der Waals surface area contributed by atoms with Gasteiger partial charge in [-0.25, -0.2) is 17.9 Å². The number of nitrogens with two attached hydrogens (primary N) is 1. The van der Waals surface area contributed by atoms with Crippen LogP contribution in [0.15, 0.2) is 27.6 Å².